The maximum atomic E-state index is 14.6. The van der Waals surface area contributed by atoms with Crippen LogP contribution in [0.5, 0.6) is 0 Å². The molecule has 2 aromatic rings. The number of aromatic nitrogens is 2. The van der Waals surface area contributed by atoms with E-state index < -0.39 is 5.97 Å². The Morgan fingerprint density at radius 1 is 1.23 bits per heavy atom. The monoisotopic (exact) mass is 360 g/mol. The van der Waals surface area contributed by atoms with E-state index in [1.165, 1.54) is 19.2 Å². The summed E-state index contributed by atoms with van der Waals surface area (Å²) < 4.78 is 24.8. The van der Waals surface area contributed by atoms with Crippen molar-refractivity contribution in [2.45, 2.75) is 26.1 Å². The van der Waals surface area contributed by atoms with Crippen molar-refractivity contribution >= 4 is 23.2 Å². The Labute approximate surface area is 151 Å². The second kappa shape index (κ2) is 7.65. The fourth-order valence-corrected chi connectivity index (χ4v) is 2.98. The third kappa shape index (κ3) is 4.08. The number of nitrogens with zero attached hydrogens (tertiary/aromatic N) is 3. The molecule has 0 radical (unpaired) electrons. The summed E-state index contributed by atoms with van der Waals surface area (Å²) in [4.78, 5) is 13.3. The van der Waals surface area contributed by atoms with Gasteiger partial charge in [0, 0.05) is 18.8 Å². The van der Waals surface area contributed by atoms with Crippen LogP contribution < -0.4 is 10.2 Å². The van der Waals surface area contributed by atoms with E-state index in [1.54, 1.807) is 18.2 Å². The smallest absolute Gasteiger partial charge is 0.358 e. The number of benzene rings is 1. The molecular formula is C18H21FN4O3. The average Bonchev–Trinajstić information content (AvgIpc) is 2.61. The van der Waals surface area contributed by atoms with E-state index in [-0.39, 0.29) is 23.7 Å². The molecule has 0 bridgehead atoms. The van der Waals surface area contributed by atoms with Crippen LogP contribution in [0.15, 0.2) is 30.3 Å². The van der Waals surface area contributed by atoms with Crippen LogP contribution in [0.3, 0.4) is 0 Å². The van der Waals surface area contributed by atoms with E-state index >= 15 is 0 Å². The van der Waals surface area contributed by atoms with Crippen molar-refractivity contribution < 1.29 is 18.7 Å². The lowest BCUT2D eigenvalue weighted by atomic mass is 10.2. The van der Waals surface area contributed by atoms with Crippen molar-refractivity contribution in [3.8, 4) is 0 Å². The van der Waals surface area contributed by atoms with Gasteiger partial charge in [0.25, 0.3) is 0 Å². The third-order valence-corrected chi connectivity index (χ3v) is 4.04. The van der Waals surface area contributed by atoms with Crippen molar-refractivity contribution in [1.82, 2.24) is 10.2 Å². The van der Waals surface area contributed by atoms with E-state index in [0.29, 0.717) is 30.3 Å². The van der Waals surface area contributed by atoms with Crippen LogP contribution in [0.4, 0.5) is 21.6 Å². The van der Waals surface area contributed by atoms with Crippen molar-refractivity contribution in [3.05, 3.63) is 41.8 Å². The lowest BCUT2D eigenvalue weighted by Crippen LogP contribution is -2.45. The minimum absolute atomic E-state index is 0.0551. The molecule has 26 heavy (non-hydrogen) atoms. The zero-order chi connectivity index (χ0) is 18.7. The number of methoxy groups -OCH3 is 1. The first kappa shape index (κ1) is 18.1. The van der Waals surface area contributed by atoms with Gasteiger partial charge in [-0.25, -0.2) is 9.18 Å². The number of rotatable bonds is 4. The van der Waals surface area contributed by atoms with Gasteiger partial charge in [0.15, 0.2) is 11.5 Å². The first-order valence-corrected chi connectivity index (χ1v) is 8.35. The van der Waals surface area contributed by atoms with Crippen LogP contribution in [0.25, 0.3) is 0 Å². The summed E-state index contributed by atoms with van der Waals surface area (Å²) in [6.07, 6.45) is 0.110. The van der Waals surface area contributed by atoms with Gasteiger partial charge in [-0.15, -0.1) is 10.2 Å². The highest BCUT2D eigenvalue weighted by Gasteiger charge is 2.24. The maximum Gasteiger partial charge on any atom is 0.358 e. The Hall–Kier alpha value is -2.74. The minimum Gasteiger partial charge on any atom is -0.464 e. The molecule has 2 heterocycles. The van der Waals surface area contributed by atoms with Gasteiger partial charge >= 0.3 is 5.97 Å². The molecule has 1 N–H and O–H groups in total. The van der Waals surface area contributed by atoms with E-state index in [1.807, 2.05) is 18.7 Å². The Morgan fingerprint density at radius 3 is 2.54 bits per heavy atom. The summed E-state index contributed by atoms with van der Waals surface area (Å²) in [7, 11) is 1.27. The molecule has 0 amide bonds. The number of hydrogen-bond acceptors (Lipinski definition) is 7. The van der Waals surface area contributed by atoms with Crippen molar-refractivity contribution in [1.29, 1.82) is 0 Å². The number of carbonyl (C=O) groups excluding carboxylic acids is 1. The highest BCUT2D eigenvalue weighted by molar-refractivity contribution is 5.87. The van der Waals surface area contributed by atoms with Gasteiger partial charge in [-0.2, -0.15) is 0 Å². The number of morpholine rings is 1. The Morgan fingerprint density at radius 2 is 1.96 bits per heavy atom. The molecule has 0 spiro atoms. The topological polar surface area (TPSA) is 76.6 Å². The first-order valence-electron chi connectivity index (χ1n) is 8.35. The van der Waals surface area contributed by atoms with Crippen LogP contribution in [-0.2, 0) is 9.47 Å². The number of ether oxygens (including phenoxy) is 2. The zero-order valence-corrected chi connectivity index (χ0v) is 14.9. The van der Waals surface area contributed by atoms with E-state index in [9.17, 15) is 9.18 Å². The predicted octanol–water partition coefficient (Wildman–Crippen LogP) is 2.76. The molecule has 2 unspecified atom stereocenters. The van der Waals surface area contributed by atoms with Gasteiger partial charge in [-0.3, -0.25) is 0 Å². The second-order valence-electron chi connectivity index (χ2n) is 6.25. The lowest BCUT2D eigenvalue weighted by Gasteiger charge is -2.37. The second-order valence-corrected chi connectivity index (χ2v) is 6.25. The predicted molar refractivity (Wildman–Crippen MR) is 95.3 cm³/mol. The molecule has 138 valence electrons. The molecule has 0 saturated carbocycles. The highest BCUT2D eigenvalue weighted by atomic mass is 19.1. The van der Waals surface area contributed by atoms with Crippen molar-refractivity contribution in [2.24, 2.45) is 0 Å². The van der Waals surface area contributed by atoms with Crippen LogP contribution >= 0.6 is 0 Å². The van der Waals surface area contributed by atoms with Crippen LogP contribution in [0.1, 0.15) is 24.3 Å². The average molecular weight is 360 g/mol. The van der Waals surface area contributed by atoms with Crippen molar-refractivity contribution in [3.63, 3.8) is 0 Å². The summed E-state index contributed by atoms with van der Waals surface area (Å²) in [5.74, 6) is -0.484. The summed E-state index contributed by atoms with van der Waals surface area (Å²) in [5, 5.41) is 10.6. The SMILES string of the molecule is COC(=O)c1ccc(Nc2ccc(N3CC(C)OC(C)C3)c(F)c2)nn1. The molecule has 1 aromatic carbocycles. The molecule has 8 heteroatoms. The normalized spacial score (nSPS) is 19.9. The van der Waals surface area contributed by atoms with Crippen LogP contribution in [0.2, 0.25) is 0 Å². The van der Waals surface area contributed by atoms with Gasteiger partial charge in [-0.05, 0) is 44.2 Å². The summed E-state index contributed by atoms with van der Waals surface area (Å²) in [6.45, 7) is 5.25. The number of hydrogen-bond donors (Lipinski definition) is 1. The summed E-state index contributed by atoms with van der Waals surface area (Å²) in [6, 6.07) is 7.99. The number of carbonyl (C=O) groups is 1. The Balaban J connectivity index is 1.72. The minimum atomic E-state index is -0.562. The van der Waals surface area contributed by atoms with Crippen molar-refractivity contribution in [2.75, 3.05) is 30.4 Å². The summed E-state index contributed by atoms with van der Waals surface area (Å²) >= 11 is 0. The molecule has 2 atom stereocenters. The lowest BCUT2D eigenvalue weighted by molar-refractivity contribution is -0.00539. The van der Waals surface area contributed by atoms with Gasteiger partial charge in [-0.1, -0.05) is 0 Å². The van der Waals surface area contributed by atoms with E-state index in [0.717, 1.165) is 0 Å². The largest absolute Gasteiger partial charge is 0.464 e. The van der Waals surface area contributed by atoms with E-state index in [2.05, 4.69) is 20.3 Å². The molecule has 1 saturated heterocycles. The standard InChI is InChI=1S/C18H21FN4O3/c1-11-9-23(10-12(2)26-11)16-6-4-13(8-14(16)19)20-17-7-5-15(21-22-17)18(24)25-3/h4-8,11-12H,9-10H2,1-3H3,(H,20,22). The molecule has 1 aromatic heterocycles. The molecule has 3 rings (SSSR count). The molecular weight excluding hydrogens is 339 g/mol. The zero-order valence-electron chi connectivity index (χ0n) is 14.9. The first-order chi connectivity index (χ1) is 12.5. The van der Waals surface area contributed by atoms with Crippen LogP contribution in [0, 0.1) is 5.82 Å². The molecule has 1 aliphatic heterocycles. The van der Waals surface area contributed by atoms with Gasteiger partial charge in [0.05, 0.1) is 25.0 Å². The van der Waals surface area contributed by atoms with E-state index in [4.69, 9.17) is 4.74 Å². The Bertz CT molecular complexity index is 775. The summed E-state index contributed by atoms with van der Waals surface area (Å²) in [5.41, 5.74) is 1.19. The molecule has 7 nitrogen and oxygen atoms in total. The fraction of sp³-hybridized carbons (Fsp3) is 0.389. The molecule has 1 aliphatic rings. The van der Waals surface area contributed by atoms with Gasteiger partial charge in [0.2, 0.25) is 0 Å². The van der Waals surface area contributed by atoms with Crippen LogP contribution in [-0.4, -0.2) is 48.6 Å². The molecule has 0 aliphatic carbocycles. The molecule has 1 fully saturated rings. The Kier molecular flexibility index (Phi) is 5.32. The maximum absolute atomic E-state index is 14.6. The quantitative estimate of drug-likeness (QED) is 0.840. The fourth-order valence-electron chi connectivity index (χ4n) is 2.98. The number of esters is 1. The number of halogens is 1. The van der Waals surface area contributed by atoms with Gasteiger partial charge < -0.3 is 19.7 Å². The number of nitrogens with one attached hydrogen (secondary N) is 1. The third-order valence-electron chi connectivity index (χ3n) is 4.04. The highest BCUT2D eigenvalue weighted by Crippen LogP contribution is 2.27. The van der Waals surface area contributed by atoms with Gasteiger partial charge in [0.1, 0.15) is 5.82 Å². The number of anilines is 3.